The normalized spacial score (nSPS) is 17.4. The van der Waals surface area contributed by atoms with Crippen LogP contribution >= 0.6 is 23.2 Å². The second-order valence-corrected chi connectivity index (χ2v) is 5.35. The number of nitrogens with one attached hydrogen (secondary N) is 1. The zero-order valence-corrected chi connectivity index (χ0v) is 11.2. The van der Waals surface area contributed by atoms with E-state index in [1.807, 2.05) is 13.0 Å². The van der Waals surface area contributed by atoms with Crippen molar-refractivity contribution in [1.82, 2.24) is 5.32 Å². The zero-order chi connectivity index (χ0) is 12.4. The zero-order valence-electron chi connectivity index (χ0n) is 9.67. The molecule has 0 radical (unpaired) electrons. The van der Waals surface area contributed by atoms with Crippen molar-refractivity contribution in [3.8, 4) is 0 Å². The summed E-state index contributed by atoms with van der Waals surface area (Å²) in [5, 5.41) is 4.06. The molecular weight excluding hydrogens is 257 g/mol. The molecule has 1 fully saturated rings. The largest absolute Gasteiger partial charge is 0.349 e. The number of hydrogen-bond donors (Lipinski definition) is 1. The third kappa shape index (κ3) is 2.93. The van der Waals surface area contributed by atoms with Gasteiger partial charge in [-0.05, 0) is 37.5 Å². The van der Waals surface area contributed by atoms with E-state index in [2.05, 4.69) is 5.32 Å². The Morgan fingerprint density at radius 1 is 1.35 bits per heavy atom. The lowest BCUT2D eigenvalue weighted by molar-refractivity contribution is -0.128. The summed E-state index contributed by atoms with van der Waals surface area (Å²) >= 11 is 11.8. The fourth-order valence-corrected chi connectivity index (χ4v) is 2.17. The highest BCUT2D eigenvalue weighted by Gasteiger charge is 2.26. The number of benzene rings is 1. The molecule has 4 heteroatoms. The van der Waals surface area contributed by atoms with Crippen molar-refractivity contribution in [3.63, 3.8) is 0 Å². The average Bonchev–Trinajstić information content (AvgIpc) is 2.19. The molecule has 0 aromatic heterocycles. The number of rotatable bonds is 3. The molecule has 2 rings (SSSR count). The standard InChI is InChI=1S/C13H15Cl2NO/c1-8(16-13(17)9-3-2-4-9)10-5-6-11(14)12(15)7-10/h5-9H,2-4H2,1H3,(H,16,17). The third-order valence-electron chi connectivity index (χ3n) is 3.28. The fourth-order valence-electron chi connectivity index (χ4n) is 1.87. The van der Waals surface area contributed by atoms with Crippen LogP contribution in [0.15, 0.2) is 18.2 Å². The Hall–Kier alpha value is -0.730. The lowest BCUT2D eigenvalue weighted by atomic mass is 9.84. The van der Waals surface area contributed by atoms with Gasteiger partial charge in [-0.15, -0.1) is 0 Å². The van der Waals surface area contributed by atoms with Gasteiger partial charge in [0.25, 0.3) is 0 Å². The number of amides is 1. The first-order valence-electron chi connectivity index (χ1n) is 5.83. The predicted octanol–water partition coefficient (Wildman–Crippen LogP) is 3.97. The molecular formula is C13H15Cl2NO. The number of hydrogen-bond acceptors (Lipinski definition) is 1. The van der Waals surface area contributed by atoms with Crippen molar-refractivity contribution >= 4 is 29.1 Å². The van der Waals surface area contributed by atoms with Crippen molar-refractivity contribution in [2.45, 2.75) is 32.2 Å². The second kappa shape index (κ2) is 5.28. The van der Waals surface area contributed by atoms with Crippen LogP contribution < -0.4 is 5.32 Å². The number of halogens is 2. The minimum atomic E-state index is -0.0298. The van der Waals surface area contributed by atoms with Gasteiger partial charge in [-0.3, -0.25) is 4.79 Å². The Bertz CT molecular complexity index is 429. The Balaban J connectivity index is 2.00. The molecule has 1 N–H and O–H groups in total. The van der Waals surface area contributed by atoms with Gasteiger partial charge in [0.05, 0.1) is 16.1 Å². The molecule has 92 valence electrons. The fraction of sp³-hybridized carbons (Fsp3) is 0.462. The van der Waals surface area contributed by atoms with Gasteiger partial charge in [0.2, 0.25) is 5.91 Å². The first-order chi connectivity index (χ1) is 8.08. The van der Waals surface area contributed by atoms with E-state index in [9.17, 15) is 4.79 Å². The summed E-state index contributed by atoms with van der Waals surface area (Å²) in [6.45, 7) is 1.95. The first kappa shape index (κ1) is 12.7. The van der Waals surface area contributed by atoms with Gasteiger partial charge >= 0.3 is 0 Å². The van der Waals surface area contributed by atoms with Crippen LogP contribution in [0.2, 0.25) is 10.0 Å². The molecule has 1 aliphatic rings. The minimum Gasteiger partial charge on any atom is -0.349 e. The van der Waals surface area contributed by atoms with Gasteiger partial charge in [0.1, 0.15) is 0 Å². The molecule has 0 heterocycles. The van der Waals surface area contributed by atoms with Crippen LogP contribution in [0.25, 0.3) is 0 Å². The van der Waals surface area contributed by atoms with E-state index in [1.165, 1.54) is 6.42 Å². The van der Waals surface area contributed by atoms with Crippen molar-refractivity contribution in [1.29, 1.82) is 0 Å². The van der Waals surface area contributed by atoms with Crippen LogP contribution in [0.4, 0.5) is 0 Å². The topological polar surface area (TPSA) is 29.1 Å². The monoisotopic (exact) mass is 271 g/mol. The molecule has 0 spiro atoms. The second-order valence-electron chi connectivity index (χ2n) is 4.53. The van der Waals surface area contributed by atoms with Crippen LogP contribution in [0.5, 0.6) is 0 Å². The van der Waals surface area contributed by atoms with E-state index in [1.54, 1.807) is 12.1 Å². The highest BCUT2D eigenvalue weighted by atomic mass is 35.5. The average molecular weight is 272 g/mol. The van der Waals surface area contributed by atoms with Crippen LogP contribution in [0, 0.1) is 5.92 Å². The molecule has 0 bridgehead atoms. The molecule has 1 atom stereocenters. The highest BCUT2D eigenvalue weighted by Crippen LogP contribution is 2.28. The van der Waals surface area contributed by atoms with Gasteiger partial charge in [0, 0.05) is 5.92 Å². The van der Waals surface area contributed by atoms with Gasteiger partial charge in [-0.2, -0.15) is 0 Å². The quantitative estimate of drug-likeness (QED) is 0.886. The lowest BCUT2D eigenvalue weighted by Crippen LogP contribution is -2.35. The molecule has 17 heavy (non-hydrogen) atoms. The summed E-state index contributed by atoms with van der Waals surface area (Å²) in [6, 6.07) is 5.42. The summed E-state index contributed by atoms with van der Waals surface area (Å²) in [7, 11) is 0. The van der Waals surface area contributed by atoms with Crippen LogP contribution in [0.1, 0.15) is 37.8 Å². The predicted molar refractivity (Wildman–Crippen MR) is 70.4 cm³/mol. The van der Waals surface area contributed by atoms with Crippen molar-refractivity contribution in [2.75, 3.05) is 0 Å². The van der Waals surface area contributed by atoms with Gasteiger partial charge < -0.3 is 5.32 Å². The molecule has 1 amide bonds. The molecule has 2 nitrogen and oxygen atoms in total. The Kier molecular flexibility index (Phi) is 3.95. The van der Waals surface area contributed by atoms with E-state index < -0.39 is 0 Å². The first-order valence-corrected chi connectivity index (χ1v) is 6.59. The maximum absolute atomic E-state index is 11.8. The molecule has 1 saturated carbocycles. The molecule has 0 aliphatic heterocycles. The molecule has 1 aliphatic carbocycles. The van der Waals surface area contributed by atoms with Crippen LogP contribution in [-0.4, -0.2) is 5.91 Å². The van der Waals surface area contributed by atoms with Crippen LogP contribution in [-0.2, 0) is 4.79 Å². The maximum Gasteiger partial charge on any atom is 0.223 e. The maximum atomic E-state index is 11.8. The molecule has 0 saturated heterocycles. The van der Waals surface area contributed by atoms with E-state index in [-0.39, 0.29) is 17.9 Å². The lowest BCUT2D eigenvalue weighted by Gasteiger charge is -2.26. The minimum absolute atomic E-state index is 0.0298. The van der Waals surface area contributed by atoms with Crippen LogP contribution in [0.3, 0.4) is 0 Å². The summed E-state index contributed by atoms with van der Waals surface area (Å²) in [4.78, 5) is 11.8. The summed E-state index contributed by atoms with van der Waals surface area (Å²) < 4.78 is 0. The van der Waals surface area contributed by atoms with E-state index >= 15 is 0 Å². The summed E-state index contributed by atoms with van der Waals surface area (Å²) in [6.07, 6.45) is 3.19. The summed E-state index contributed by atoms with van der Waals surface area (Å²) in [5.74, 6) is 0.357. The number of carbonyl (C=O) groups excluding carboxylic acids is 1. The van der Waals surface area contributed by atoms with E-state index in [0.717, 1.165) is 18.4 Å². The Morgan fingerprint density at radius 2 is 2.06 bits per heavy atom. The highest BCUT2D eigenvalue weighted by molar-refractivity contribution is 6.42. The van der Waals surface area contributed by atoms with Gasteiger partial charge in [0.15, 0.2) is 0 Å². The molecule has 1 aromatic carbocycles. The Morgan fingerprint density at radius 3 is 2.59 bits per heavy atom. The smallest absolute Gasteiger partial charge is 0.223 e. The van der Waals surface area contributed by atoms with Crippen molar-refractivity contribution < 1.29 is 4.79 Å². The van der Waals surface area contributed by atoms with E-state index in [0.29, 0.717) is 10.0 Å². The third-order valence-corrected chi connectivity index (χ3v) is 4.02. The number of carbonyl (C=O) groups is 1. The summed E-state index contributed by atoms with van der Waals surface area (Å²) in [5.41, 5.74) is 0.979. The van der Waals surface area contributed by atoms with Gasteiger partial charge in [-0.25, -0.2) is 0 Å². The molecule has 1 unspecified atom stereocenters. The van der Waals surface area contributed by atoms with Gasteiger partial charge in [-0.1, -0.05) is 35.7 Å². The van der Waals surface area contributed by atoms with Crippen molar-refractivity contribution in [3.05, 3.63) is 33.8 Å². The SMILES string of the molecule is CC(NC(=O)C1CCC1)c1ccc(Cl)c(Cl)c1. The van der Waals surface area contributed by atoms with Crippen molar-refractivity contribution in [2.24, 2.45) is 5.92 Å². The van der Waals surface area contributed by atoms with E-state index in [4.69, 9.17) is 23.2 Å². The molecule has 1 aromatic rings. The Labute approximate surface area is 111 Å².